The van der Waals surface area contributed by atoms with Crippen molar-refractivity contribution in [2.45, 2.75) is 39.4 Å². The molecule has 0 atom stereocenters. The Morgan fingerprint density at radius 3 is 2.52 bits per heavy atom. The number of carbonyl (C=O) groups is 1. The molecule has 1 aliphatic rings. The van der Waals surface area contributed by atoms with Gasteiger partial charge in [0.15, 0.2) is 5.96 Å². The second-order valence-corrected chi connectivity index (χ2v) is 6.57. The predicted molar refractivity (Wildman–Crippen MR) is 107 cm³/mol. The molecule has 2 N–H and O–H groups in total. The molecule has 0 radical (unpaired) electrons. The molecule has 1 amide bonds. The lowest BCUT2D eigenvalue weighted by Crippen LogP contribution is -2.38. The van der Waals surface area contributed by atoms with Gasteiger partial charge in [-0.2, -0.15) is 0 Å². The van der Waals surface area contributed by atoms with Crippen LogP contribution in [0.2, 0.25) is 0 Å². The van der Waals surface area contributed by atoms with Gasteiger partial charge in [-0.3, -0.25) is 9.78 Å². The molecule has 1 aromatic carbocycles. The van der Waals surface area contributed by atoms with Crippen molar-refractivity contribution in [1.82, 2.24) is 20.5 Å². The zero-order valence-corrected chi connectivity index (χ0v) is 15.8. The summed E-state index contributed by atoms with van der Waals surface area (Å²) in [5, 5.41) is 6.52. The Morgan fingerprint density at radius 2 is 1.85 bits per heavy atom. The standard InChI is InChI=1S/C21H27N5O/c1-2-22-21(25-14-19-10-5-6-12-23-19)24-13-7-11-20(27)26-15-17-8-3-4-9-18(17)16-26/h3-6,8-10,12H,2,7,11,13-16H2,1H3,(H2,22,24,25). The molecule has 3 rings (SSSR count). The number of nitrogens with one attached hydrogen (secondary N) is 2. The van der Waals surface area contributed by atoms with Gasteiger partial charge in [0.2, 0.25) is 5.91 Å². The molecule has 0 fully saturated rings. The number of benzene rings is 1. The summed E-state index contributed by atoms with van der Waals surface area (Å²) in [7, 11) is 0. The monoisotopic (exact) mass is 365 g/mol. The highest BCUT2D eigenvalue weighted by molar-refractivity contribution is 5.80. The third-order valence-corrected chi connectivity index (χ3v) is 4.52. The van der Waals surface area contributed by atoms with Crippen LogP contribution in [0.5, 0.6) is 0 Å². The predicted octanol–water partition coefficient (Wildman–Crippen LogP) is 2.46. The number of aromatic nitrogens is 1. The number of carbonyl (C=O) groups excluding carboxylic acids is 1. The minimum atomic E-state index is 0.212. The van der Waals surface area contributed by atoms with E-state index in [-0.39, 0.29) is 5.91 Å². The van der Waals surface area contributed by atoms with Gasteiger partial charge in [-0.05, 0) is 36.6 Å². The number of nitrogens with zero attached hydrogens (tertiary/aromatic N) is 3. The lowest BCUT2D eigenvalue weighted by Gasteiger charge is -2.16. The zero-order valence-electron chi connectivity index (χ0n) is 15.8. The van der Waals surface area contributed by atoms with Crippen LogP contribution in [-0.2, 0) is 24.4 Å². The molecule has 6 nitrogen and oxygen atoms in total. The quantitative estimate of drug-likeness (QED) is 0.449. The van der Waals surface area contributed by atoms with E-state index in [4.69, 9.17) is 0 Å². The van der Waals surface area contributed by atoms with Gasteiger partial charge in [0, 0.05) is 38.8 Å². The van der Waals surface area contributed by atoms with Crippen molar-refractivity contribution in [2.24, 2.45) is 4.99 Å². The van der Waals surface area contributed by atoms with E-state index in [1.165, 1.54) is 11.1 Å². The molecule has 0 unspecified atom stereocenters. The molecule has 2 heterocycles. The lowest BCUT2D eigenvalue weighted by atomic mass is 10.1. The van der Waals surface area contributed by atoms with Crippen molar-refractivity contribution in [1.29, 1.82) is 0 Å². The first kappa shape index (κ1) is 18.9. The van der Waals surface area contributed by atoms with Crippen molar-refractivity contribution in [3.63, 3.8) is 0 Å². The number of aliphatic imine (C=N–C) groups is 1. The molecule has 2 aromatic rings. The fourth-order valence-corrected chi connectivity index (χ4v) is 3.11. The topological polar surface area (TPSA) is 69.6 Å². The minimum Gasteiger partial charge on any atom is -0.357 e. The van der Waals surface area contributed by atoms with Crippen LogP contribution in [0.4, 0.5) is 0 Å². The Balaban J connectivity index is 1.40. The normalized spacial score (nSPS) is 13.4. The summed E-state index contributed by atoms with van der Waals surface area (Å²) in [6.45, 7) is 5.53. The Labute approximate surface area is 160 Å². The SMILES string of the molecule is CCNC(=NCc1ccccn1)NCCCC(=O)N1Cc2ccccc2C1. The van der Waals surface area contributed by atoms with Crippen molar-refractivity contribution < 1.29 is 4.79 Å². The first-order chi connectivity index (χ1) is 13.3. The lowest BCUT2D eigenvalue weighted by molar-refractivity contribution is -0.131. The van der Waals surface area contributed by atoms with E-state index in [0.29, 0.717) is 19.5 Å². The third-order valence-electron chi connectivity index (χ3n) is 4.52. The number of amides is 1. The third kappa shape index (κ3) is 5.54. The van der Waals surface area contributed by atoms with Gasteiger partial charge < -0.3 is 15.5 Å². The van der Waals surface area contributed by atoms with E-state index >= 15 is 0 Å². The fourth-order valence-electron chi connectivity index (χ4n) is 3.11. The Morgan fingerprint density at radius 1 is 1.11 bits per heavy atom. The Kier molecular flexibility index (Phi) is 6.79. The number of pyridine rings is 1. The number of fused-ring (bicyclic) bond motifs is 1. The van der Waals surface area contributed by atoms with Crippen LogP contribution in [0.1, 0.15) is 36.6 Å². The van der Waals surface area contributed by atoms with Crippen molar-refractivity contribution >= 4 is 11.9 Å². The second kappa shape index (κ2) is 9.71. The van der Waals surface area contributed by atoms with E-state index < -0.39 is 0 Å². The zero-order chi connectivity index (χ0) is 18.9. The number of hydrogen-bond acceptors (Lipinski definition) is 3. The largest absolute Gasteiger partial charge is 0.357 e. The molecule has 0 saturated heterocycles. The molecule has 0 bridgehead atoms. The molecule has 1 aromatic heterocycles. The van der Waals surface area contributed by atoms with Crippen molar-refractivity contribution in [3.8, 4) is 0 Å². The van der Waals surface area contributed by atoms with E-state index in [2.05, 4.69) is 32.7 Å². The summed E-state index contributed by atoms with van der Waals surface area (Å²) in [6.07, 6.45) is 3.09. The van der Waals surface area contributed by atoms with Gasteiger partial charge in [-0.25, -0.2) is 4.99 Å². The number of hydrogen-bond donors (Lipinski definition) is 2. The van der Waals surface area contributed by atoms with Crippen LogP contribution in [0.25, 0.3) is 0 Å². The average molecular weight is 365 g/mol. The van der Waals surface area contributed by atoms with E-state index in [0.717, 1.165) is 37.7 Å². The summed E-state index contributed by atoms with van der Waals surface area (Å²) >= 11 is 0. The number of guanidine groups is 1. The maximum absolute atomic E-state index is 12.4. The van der Waals surface area contributed by atoms with Crippen LogP contribution in [0, 0.1) is 0 Å². The first-order valence-corrected chi connectivity index (χ1v) is 9.53. The Bertz CT molecular complexity index is 750. The first-order valence-electron chi connectivity index (χ1n) is 9.53. The summed E-state index contributed by atoms with van der Waals surface area (Å²) in [5.74, 6) is 0.965. The van der Waals surface area contributed by atoms with Crippen molar-refractivity contribution in [3.05, 3.63) is 65.5 Å². The fraction of sp³-hybridized carbons (Fsp3) is 0.381. The smallest absolute Gasteiger partial charge is 0.223 e. The molecule has 27 heavy (non-hydrogen) atoms. The molecular weight excluding hydrogens is 338 g/mol. The molecule has 1 aliphatic heterocycles. The molecule has 6 heteroatoms. The summed E-state index contributed by atoms with van der Waals surface area (Å²) in [4.78, 5) is 23.2. The van der Waals surface area contributed by atoms with Crippen LogP contribution >= 0.6 is 0 Å². The molecule has 0 saturated carbocycles. The van der Waals surface area contributed by atoms with Gasteiger partial charge in [-0.15, -0.1) is 0 Å². The van der Waals surface area contributed by atoms with Gasteiger partial charge in [0.05, 0.1) is 12.2 Å². The van der Waals surface area contributed by atoms with Crippen LogP contribution in [-0.4, -0.2) is 34.8 Å². The van der Waals surface area contributed by atoms with E-state index in [1.54, 1.807) is 6.20 Å². The number of rotatable bonds is 7. The minimum absolute atomic E-state index is 0.212. The highest BCUT2D eigenvalue weighted by atomic mass is 16.2. The maximum Gasteiger partial charge on any atom is 0.223 e. The summed E-state index contributed by atoms with van der Waals surface area (Å²) in [6, 6.07) is 14.1. The average Bonchev–Trinajstić information content (AvgIpc) is 3.14. The molecule has 0 aliphatic carbocycles. The maximum atomic E-state index is 12.4. The van der Waals surface area contributed by atoms with E-state index in [9.17, 15) is 4.79 Å². The molecule has 142 valence electrons. The van der Waals surface area contributed by atoms with Crippen LogP contribution in [0.15, 0.2) is 53.7 Å². The highest BCUT2D eigenvalue weighted by Crippen LogP contribution is 2.22. The van der Waals surface area contributed by atoms with Crippen LogP contribution in [0.3, 0.4) is 0 Å². The summed E-state index contributed by atoms with van der Waals surface area (Å²) in [5.41, 5.74) is 3.46. The molecular formula is C21H27N5O. The summed E-state index contributed by atoms with van der Waals surface area (Å²) < 4.78 is 0. The van der Waals surface area contributed by atoms with Crippen LogP contribution < -0.4 is 10.6 Å². The van der Waals surface area contributed by atoms with E-state index in [1.807, 2.05) is 42.2 Å². The molecule has 0 spiro atoms. The Hall–Kier alpha value is -2.89. The second-order valence-electron chi connectivity index (χ2n) is 6.57. The van der Waals surface area contributed by atoms with Gasteiger partial charge in [-0.1, -0.05) is 30.3 Å². The highest BCUT2D eigenvalue weighted by Gasteiger charge is 2.22. The van der Waals surface area contributed by atoms with Gasteiger partial charge >= 0.3 is 0 Å². The van der Waals surface area contributed by atoms with Gasteiger partial charge in [0.25, 0.3) is 0 Å². The van der Waals surface area contributed by atoms with Crippen molar-refractivity contribution in [2.75, 3.05) is 13.1 Å². The van der Waals surface area contributed by atoms with Gasteiger partial charge in [0.1, 0.15) is 0 Å².